The lowest BCUT2D eigenvalue weighted by molar-refractivity contribution is 0.0977. The second-order valence-electron chi connectivity index (χ2n) is 8.17. The van der Waals surface area contributed by atoms with Crippen LogP contribution in [0.25, 0.3) is 0 Å². The molecule has 0 saturated heterocycles. The SMILES string of the molecule is CCCCCCOc1ccc(C(=O)NC(=S)Nc2ccc(S(=O)(=O)N(C)c3ccccc3)cc2)cc1. The van der Waals surface area contributed by atoms with Crippen LogP contribution >= 0.6 is 12.2 Å². The van der Waals surface area contributed by atoms with Crippen LogP contribution in [0.2, 0.25) is 0 Å². The average molecular weight is 526 g/mol. The molecule has 0 bridgehead atoms. The zero-order chi connectivity index (χ0) is 26.0. The van der Waals surface area contributed by atoms with Gasteiger partial charge in [-0.15, -0.1) is 0 Å². The molecule has 0 fully saturated rings. The summed E-state index contributed by atoms with van der Waals surface area (Å²) >= 11 is 5.25. The Kier molecular flexibility index (Phi) is 9.84. The molecule has 0 spiro atoms. The van der Waals surface area contributed by atoms with E-state index in [1.54, 1.807) is 60.7 Å². The third-order valence-corrected chi connectivity index (χ3v) is 7.50. The highest BCUT2D eigenvalue weighted by Gasteiger charge is 2.21. The Morgan fingerprint density at radius 1 is 0.917 bits per heavy atom. The lowest BCUT2D eigenvalue weighted by Crippen LogP contribution is -2.34. The van der Waals surface area contributed by atoms with Gasteiger partial charge in [0.2, 0.25) is 0 Å². The lowest BCUT2D eigenvalue weighted by Gasteiger charge is -2.19. The fourth-order valence-electron chi connectivity index (χ4n) is 3.40. The number of carbonyl (C=O) groups excluding carboxylic acids is 1. The molecule has 0 heterocycles. The maximum absolute atomic E-state index is 12.9. The minimum Gasteiger partial charge on any atom is -0.494 e. The van der Waals surface area contributed by atoms with Gasteiger partial charge in [-0.1, -0.05) is 44.4 Å². The largest absolute Gasteiger partial charge is 0.494 e. The summed E-state index contributed by atoms with van der Waals surface area (Å²) < 4.78 is 32.7. The summed E-state index contributed by atoms with van der Waals surface area (Å²) in [5.41, 5.74) is 1.56. The van der Waals surface area contributed by atoms with E-state index in [0.29, 0.717) is 23.5 Å². The van der Waals surface area contributed by atoms with Gasteiger partial charge in [-0.3, -0.25) is 14.4 Å². The van der Waals surface area contributed by atoms with Crippen molar-refractivity contribution >= 4 is 44.6 Å². The van der Waals surface area contributed by atoms with Crippen LogP contribution in [-0.4, -0.2) is 33.1 Å². The average Bonchev–Trinajstić information content (AvgIpc) is 2.89. The topological polar surface area (TPSA) is 87.7 Å². The molecular formula is C27H31N3O4S2. The number of amides is 1. The van der Waals surface area contributed by atoms with Crippen molar-refractivity contribution in [2.45, 2.75) is 37.5 Å². The first-order chi connectivity index (χ1) is 17.3. The van der Waals surface area contributed by atoms with Gasteiger partial charge in [-0.2, -0.15) is 0 Å². The molecule has 0 aliphatic carbocycles. The van der Waals surface area contributed by atoms with E-state index in [1.807, 2.05) is 6.07 Å². The number of anilines is 2. The molecule has 2 N–H and O–H groups in total. The fraction of sp³-hybridized carbons (Fsp3) is 0.259. The fourth-order valence-corrected chi connectivity index (χ4v) is 4.81. The first-order valence-electron chi connectivity index (χ1n) is 11.8. The quantitative estimate of drug-likeness (QED) is 0.250. The number of hydrogen-bond donors (Lipinski definition) is 2. The number of ether oxygens (including phenoxy) is 1. The van der Waals surface area contributed by atoms with Crippen molar-refractivity contribution in [3.8, 4) is 5.75 Å². The molecule has 3 aromatic rings. The Hall–Kier alpha value is -3.43. The summed E-state index contributed by atoms with van der Waals surface area (Å²) in [5.74, 6) is 0.363. The molecule has 0 atom stereocenters. The molecule has 0 aliphatic rings. The lowest BCUT2D eigenvalue weighted by atomic mass is 10.2. The number of hydrogen-bond acceptors (Lipinski definition) is 5. The molecule has 0 saturated carbocycles. The summed E-state index contributed by atoms with van der Waals surface area (Å²) in [4.78, 5) is 12.7. The van der Waals surface area contributed by atoms with Gasteiger partial charge < -0.3 is 10.1 Å². The van der Waals surface area contributed by atoms with Gasteiger partial charge in [0.05, 0.1) is 17.2 Å². The zero-order valence-electron chi connectivity index (χ0n) is 20.4. The molecule has 190 valence electrons. The standard InChI is InChI=1S/C27H31N3O4S2/c1-3-4-5-9-20-34-24-16-12-21(13-17-24)26(31)29-27(35)28-22-14-18-25(19-15-22)36(32,33)30(2)23-10-7-6-8-11-23/h6-8,10-19H,3-5,9,20H2,1-2H3,(H2,28,29,31,35). The minimum atomic E-state index is -3.71. The molecule has 7 nitrogen and oxygen atoms in total. The van der Waals surface area contributed by atoms with Crippen molar-refractivity contribution in [1.29, 1.82) is 0 Å². The van der Waals surface area contributed by atoms with E-state index in [9.17, 15) is 13.2 Å². The number of thiocarbonyl (C=S) groups is 1. The second kappa shape index (κ2) is 13.0. The molecule has 36 heavy (non-hydrogen) atoms. The first-order valence-corrected chi connectivity index (χ1v) is 13.7. The van der Waals surface area contributed by atoms with Crippen LogP contribution in [0.3, 0.4) is 0 Å². The normalized spacial score (nSPS) is 10.9. The molecule has 3 rings (SSSR count). The third-order valence-electron chi connectivity index (χ3n) is 5.50. The number of sulfonamides is 1. The van der Waals surface area contributed by atoms with Gasteiger partial charge >= 0.3 is 0 Å². The number of carbonyl (C=O) groups is 1. The van der Waals surface area contributed by atoms with Gasteiger partial charge in [0, 0.05) is 18.3 Å². The van der Waals surface area contributed by atoms with E-state index in [2.05, 4.69) is 17.6 Å². The second-order valence-corrected chi connectivity index (χ2v) is 10.6. The third kappa shape index (κ3) is 7.53. The van der Waals surface area contributed by atoms with E-state index >= 15 is 0 Å². The van der Waals surface area contributed by atoms with Crippen LogP contribution in [0.5, 0.6) is 5.75 Å². The smallest absolute Gasteiger partial charge is 0.264 e. The minimum absolute atomic E-state index is 0.105. The van der Waals surface area contributed by atoms with Crippen LogP contribution in [0, 0.1) is 0 Å². The Morgan fingerprint density at radius 2 is 1.58 bits per heavy atom. The monoisotopic (exact) mass is 525 g/mol. The van der Waals surface area contributed by atoms with E-state index in [0.717, 1.165) is 18.6 Å². The van der Waals surface area contributed by atoms with Crippen LogP contribution in [0.1, 0.15) is 43.0 Å². The molecule has 0 radical (unpaired) electrons. The predicted molar refractivity (Wildman–Crippen MR) is 148 cm³/mol. The van der Waals surface area contributed by atoms with Crippen molar-refractivity contribution in [2.24, 2.45) is 0 Å². The maximum atomic E-state index is 12.9. The number of benzene rings is 3. The van der Waals surface area contributed by atoms with Crippen LogP contribution in [0.4, 0.5) is 11.4 Å². The summed E-state index contributed by atoms with van der Waals surface area (Å²) in [7, 11) is -2.21. The predicted octanol–water partition coefficient (Wildman–Crippen LogP) is 5.60. The summed E-state index contributed by atoms with van der Waals surface area (Å²) in [6.07, 6.45) is 4.53. The molecular weight excluding hydrogens is 494 g/mol. The van der Waals surface area contributed by atoms with E-state index in [4.69, 9.17) is 17.0 Å². The number of unbranched alkanes of at least 4 members (excludes halogenated alkanes) is 3. The first kappa shape index (κ1) is 27.2. The highest BCUT2D eigenvalue weighted by atomic mass is 32.2. The number of rotatable bonds is 11. The number of nitrogens with one attached hydrogen (secondary N) is 2. The Bertz CT molecular complexity index is 1250. The molecule has 1 amide bonds. The van der Waals surface area contributed by atoms with E-state index in [1.165, 1.54) is 36.3 Å². The van der Waals surface area contributed by atoms with Crippen molar-refractivity contribution in [3.05, 3.63) is 84.4 Å². The van der Waals surface area contributed by atoms with Gasteiger partial charge in [0.15, 0.2) is 5.11 Å². The summed E-state index contributed by atoms with van der Waals surface area (Å²) in [5, 5.41) is 5.64. The summed E-state index contributed by atoms with van der Waals surface area (Å²) in [6.45, 7) is 2.82. The van der Waals surface area contributed by atoms with Gasteiger partial charge in [-0.25, -0.2) is 8.42 Å². The van der Waals surface area contributed by atoms with Gasteiger partial charge in [0.25, 0.3) is 15.9 Å². The Morgan fingerprint density at radius 3 is 2.22 bits per heavy atom. The molecule has 9 heteroatoms. The number of nitrogens with zero attached hydrogens (tertiary/aromatic N) is 1. The van der Waals surface area contributed by atoms with Crippen molar-refractivity contribution in [3.63, 3.8) is 0 Å². The number of para-hydroxylation sites is 1. The van der Waals surface area contributed by atoms with Crippen molar-refractivity contribution in [2.75, 3.05) is 23.3 Å². The van der Waals surface area contributed by atoms with Crippen LogP contribution < -0.4 is 19.7 Å². The molecule has 3 aromatic carbocycles. The van der Waals surface area contributed by atoms with Crippen molar-refractivity contribution < 1.29 is 17.9 Å². The molecule has 0 unspecified atom stereocenters. The zero-order valence-corrected chi connectivity index (χ0v) is 22.1. The maximum Gasteiger partial charge on any atom is 0.264 e. The highest BCUT2D eigenvalue weighted by Crippen LogP contribution is 2.23. The van der Waals surface area contributed by atoms with Crippen LogP contribution in [-0.2, 0) is 10.0 Å². The highest BCUT2D eigenvalue weighted by molar-refractivity contribution is 7.92. The van der Waals surface area contributed by atoms with Crippen molar-refractivity contribution in [1.82, 2.24) is 5.32 Å². The van der Waals surface area contributed by atoms with Gasteiger partial charge in [-0.05, 0) is 79.3 Å². The van der Waals surface area contributed by atoms with Crippen LogP contribution in [0.15, 0.2) is 83.8 Å². The molecule has 0 aliphatic heterocycles. The molecule has 0 aromatic heterocycles. The Labute approximate surface area is 218 Å². The Balaban J connectivity index is 1.52. The van der Waals surface area contributed by atoms with E-state index in [-0.39, 0.29) is 15.9 Å². The van der Waals surface area contributed by atoms with Gasteiger partial charge in [0.1, 0.15) is 5.75 Å². The van der Waals surface area contributed by atoms with E-state index < -0.39 is 10.0 Å². The summed E-state index contributed by atoms with van der Waals surface area (Å²) in [6, 6.07) is 21.9.